The molecule has 0 saturated carbocycles. The fourth-order valence-electron chi connectivity index (χ4n) is 2.19. The Labute approximate surface area is 143 Å². The molecule has 3 aromatic rings. The molecule has 0 unspecified atom stereocenters. The number of rotatable bonds is 4. The summed E-state index contributed by atoms with van der Waals surface area (Å²) in [6.07, 6.45) is 1.04. The summed E-state index contributed by atoms with van der Waals surface area (Å²) in [4.78, 5) is 12.4. The van der Waals surface area contributed by atoms with Crippen LogP contribution in [0.5, 0.6) is 0 Å². The number of para-hydroxylation sites is 2. The van der Waals surface area contributed by atoms with Crippen LogP contribution in [0.4, 0.5) is 11.4 Å². The largest absolute Gasteiger partial charge is 0.451 e. The van der Waals surface area contributed by atoms with E-state index in [1.54, 1.807) is 48.5 Å². The molecule has 3 rings (SSSR count). The normalized spacial score (nSPS) is 11.4. The van der Waals surface area contributed by atoms with E-state index in [9.17, 15) is 13.2 Å². The molecule has 0 spiro atoms. The molecule has 2 aromatic carbocycles. The summed E-state index contributed by atoms with van der Waals surface area (Å²) in [6, 6.07) is 13.1. The van der Waals surface area contributed by atoms with E-state index in [0.29, 0.717) is 21.7 Å². The molecule has 1 amide bonds. The predicted octanol–water partition coefficient (Wildman–Crippen LogP) is 3.71. The maximum Gasteiger partial charge on any atom is 0.291 e. The lowest BCUT2D eigenvalue weighted by Crippen LogP contribution is -2.15. The number of carbonyl (C=O) groups is 1. The molecule has 0 fully saturated rings. The molecular weight excluding hydrogens is 352 g/mol. The van der Waals surface area contributed by atoms with Crippen molar-refractivity contribution >= 4 is 49.9 Å². The topological polar surface area (TPSA) is 88.4 Å². The zero-order valence-electron chi connectivity index (χ0n) is 12.5. The van der Waals surface area contributed by atoms with Crippen LogP contribution in [0, 0.1) is 0 Å². The molecule has 1 heterocycles. The summed E-state index contributed by atoms with van der Waals surface area (Å²) >= 11 is 5.91. The van der Waals surface area contributed by atoms with Crippen molar-refractivity contribution in [3.63, 3.8) is 0 Å². The van der Waals surface area contributed by atoms with E-state index in [1.807, 2.05) is 0 Å². The molecule has 0 atom stereocenters. The van der Waals surface area contributed by atoms with E-state index < -0.39 is 15.9 Å². The number of sulfonamides is 1. The Balaban J connectivity index is 1.89. The lowest BCUT2D eigenvalue weighted by Gasteiger charge is -2.10. The molecule has 8 heteroatoms. The second kappa shape index (κ2) is 6.18. The second-order valence-electron chi connectivity index (χ2n) is 5.17. The summed E-state index contributed by atoms with van der Waals surface area (Å²) < 4.78 is 30.6. The van der Waals surface area contributed by atoms with Crippen molar-refractivity contribution in [2.75, 3.05) is 16.3 Å². The lowest BCUT2D eigenvalue weighted by molar-refractivity contribution is 0.0998. The number of benzene rings is 2. The monoisotopic (exact) mass is 364 g/mol. The van der Waals surface area contributed by atoms with E-state index in [0.717, 1.165) is 6.26 Å². The van der Waals surface area contributed by atoms with Gasteiger partial charge < -0.3 is 9.73 Å². The fraction of sp³-hybridized carbons (Fsp3) is 0.0625. The molecule has 0 aliphatic rings. The Morgan fingerprint density at radius 1 is 1.08 bits per heavy atom. The van der Waals surface area contributed by atoms with E-state index >= 15 is 0 Å². The van der Waals surface area contributed by atoms with Gasteiger partial charge in [0.05, 0.1) is 17.6 Å². The predicted molar refractivity (Wildman–Crippen MR) is 94.1 cm³/mol. The maximum absolute atomic E-state index is 12.4. The third kappa shape index (κ3) is 3.69. The minimum absolute atomic E-state index is 0.0985. The Hall–Kier alpha value is -2.51. The number of anilines is 2. The van der Waals surface area contributed by atoms with Crippen molar-refractivity contribution in [2.24, 2.45) is 0 Å². The van der Waals surface area contributed by atoms with Crippen LogP contribution in [0.3, 0.4) is 0 Å². The van der Waals surface area contributed by atoms with Crippen LogP contribution in [0.2, 0.25) is 5.02 Å². The molecule has 0 radical (unpaired) electrons. The lowest BCUT2D eigenvalue weighted by atomic mass is 10.2. The molecule has 124 valence electrons. The van der Waals surface area contributed by atoms with Crippen molar-refractivity contribution in [2.45, 2.75) is 0 Å². The first-order valence-corrected chi connectivity index (χ1v) is 9.16. The third-order valence-corrected chi connectivity index (χ3v) is 4.00. The number of nitrogens with one attached hydrogen (secondary N) is 2. The molecule has 1 aromatic heterocycles. The highest BCUT2D eigenvalue weighted by atomic mass is 35.5. The molecular formula is C16H13ClN2O4S. The van der Waals surface area contributed by atoms with Crippen LogP contribution >= 0.6 is 11.6 Å². The van der Waals surface area contributed by atoms with Gasteiger partial charge in [0.1, 0.15) is 5.58 Å². The van der Waals surface area contributed by atoms with Gasteiger partial charge in [-0.1, -0.05) is 23.7 Å². The zero-order chi connectivity index (χ0) is 17.3. The van der Waals surface area contributed by atoms with Crippen LogP contribution in [-0.4, -0.2) is 20.6 Å². The van der Waals surface area contributed by atoms with Crippen molar-refractivity contribution in [3.8, 4) is 0 Å². The fourth-order valence-corrected chi connectivity index (χ4v) is 2.95. The van der Waals surface area contributed by atoms with E-state index in [2.05, 4.69) is 10.0 Å². The zero-order valence-corrected chi connectivity index (χ0v) is 14.1. The van der Waals surface area contributed by atoms with Gasteiger partial charge in [-0.15, -0.1) is 0 Å². The van der Waals surface area contributed by atoms with Crippen LogP contribution in [-0.2, 0) is 10.0 Å². The number of carbonyl (C=O) groups excluding carboxylic acids is 1. The van der Waals surface area contributed by atoms with Gasteiger partial charge in [0.15, 0.2) is 5.76 Å². The molecule has 6 nitrogen and oxygen atoms in total. The first-order valence-electron chi connectivity index (χ1n) is 6.89. The molecule has 0 bridgehead atoms. The second-order valence-corrected chi connectivity index (χ2v) is 7.35. The van der Waals surface area contributed by atoms with Gasteiger partial charge in [0.2, 0.25) is 10.0 Å². The summed E-state index contributed by atoms with van der Waals surface area (Å²) in [5.41, 5.74) is 1.13. The van der Waals surface area contributed by atoms with Gasteiger partial charge >= 0.3 is 0 Å². The Morgan fingerprint density at radius 2 is 1.79 bits per heavy atom. The van der Waals surface area contributed by atoms with E-state index in [-0.39, 0.29) is 11.4 Å². The summed E-state index contributed by atoms with van der Waals surface area (Å²) in [7, 11) is -3.46. The quantitative estimate of drug-likeness (QED) is 0.738. The number of hydrogen-bond acceptors (Lipinski definition) is 4. The minimum Gasteiger partial charge on any atom is -0.451 e. The smallest absolute Gasteiger partial charge is 0.291 e. The average molecular weight is 365 g/mol. The number of furan rings is 1. The van der Waals surface area contributed by atoms with Gasteiger partial charge in [-0.3, -0.25) is 9.52 Å². The minimum atomic E-state index is -3.46. The van der Waals surface area contributed by atoms with Crippen molar-refractivity contribution in [3.05, 3.63) is 59.3 Å². The highest BCUT2D eigenvalue weighted by Gasteiger charge is 2.15. The Bertz CT molecular complexity index is 1030. The Morgan fingerprint density at radius 3 is 2.50 bits per heavy atom. The van der Waals surface area contributed by atoms with Crippen molar-refractivity contribution < 1.29 is 17.6 Å². The van der Waals surface area contributed by atoms with Crippen LogP contribution in [0.15, 0.2) is 52.9 Å². The molecule has 24 heavy (non-hydrogen) atoms. The van der Waals surface area contributed by atoms with E-state index in [1.165, 1.54) is 0 Å². The first kappa shape index (κ1) is 16.4. The molecule has 2 N–H and O–H groups in total. The number of halogens is 1. The van der Waals surface area contributed by atoms with Crippen molar-refractivity contribution in [1.82, 2.24) is 0 Å². The van der Waals surface area contributed by atoms with Gasteiger partial charge in [0.25, 0.3) is 5.91 Å². The van der Waals surface area contributed by atoms with Crippen LogP contribution in [0.1, 0.15) is 10.6 Å². The van der Waals surface area contributed by atoms with Crippen LogP contribution < -0.4 is 10.0 Å². The molecule has 0 aliphatic heterocycles. The van der Waals surface area contributed by atoms with Gasteiger partial charge in [-0.2, -0.15) is 0 Å². The third-order valence-electron chi connectivity index (χ3n) is 3.17. The van der Waals surface area contributed by atoms with Gasteiger partial charge in [-0.05, 0) is 36.4 Å². The Kier molecular flexibility index (Phi) is 4.21. The SMILES string of the molecule is CS(=O)(=O)Nc1ccccc1NC(=O)c1cc2cc(Cl)ccc2o1. The highest BCUT2D eigenvalue weighted by molar-refractivity contribution is 7.92. The average Bonchev–Trinajstić information content (AvgIpc) is 2.91. The summed E-state index contributed by atoms with van der Waals surface area (Å²) in [5.74, 6) is -0.397. The molecule has 0 aliphatic carbocycles. The summed E-state index contributed by atoms with van der Waals surface area (Å²) in [6.45, 7) is 0. The summed E-state index contributed by atoms with van der Waals surface area (Å²) in [5, 5.41) is 3.88. The number of fused-ring (bicyclic) bond motifs is 1. The van der Waals surface area contributed by atoms with Crippen LogP contribution in [0.25, 0.3) is 11.0 Å². The first-order chi connectivity index (χ1) is 11.3. The van der Waals surface area contributed by atoms with Gasteiger partial charge in [-0.25, -0.2) is 8.42 Å². The molecule has 0 saturated heterocycles. The highest BCUT2D eigenvalue weighted by Crippen LogP contribution is 2.26. The number of amides is 1. The standard InChI is InChI=1S/C16H13ClN2O4S/c1-24(21,22)19-13-5-3-2-4-12(13)18-16(20)15-9-10-8-11(17)6-7-14(10)23-15/h2-9,19H,1H3,(H,18,20). The van der Waals surface area contributed by atoms with Crippen molar-refractivity contribution in [1.29, 1.82) is 0 Å². The maximum atomic E-state index is 12.4. The van der Waals surface area contributed by atoms with Gasteiger partial charge in [0, 0.05) is 10.4 Å². The van der Waals surface area contributed by atoms with E-state index in [4.69, 9.17) is 16.0 Å². The number of hydrogen-bond donors (Lipinski definition) is 2.